The van der Waals surface area contributed by atoms with Gasteiger partial charge in [0.15, 0.2) is 0 Å². The van der Waals surface area contributed by atoms with Gasteiger partial charge in [-0.3, -0.25) is 0 Å². The Labute approximate surface area is 106 Å². The van der Waals surface area contributed by atoms with Crippen LogP contribution in [0.25, 0.3) is 0 Å². The van der Waals surface area contributed by atoms with Gasteiger partial charge in [0.25, 0.3) is 0 Å². The first-order chi connectivity index (χ1) is 8.09. The molecule has 2 rings (SSSR count). The molecule has 0 atom stereocenters. The molecule has 1 heterocycles. The molecule has 0 saturated carbocycles. The second kappa shape index (κ2) is 4.80. The zero-order chi connectivity index (χ0) is 12.3. The molecule has 17 heavy (non-hydrogen) atoms. The van der Waals surface area contributed by atoms with Gasteiger partial charge in [0, 0.05) is 16.8 Å². The van der Waals surface area contributed by atoms with E-state index in [0.29, 0.717) is 0 Å². The highest BCUT2D eigenvalue weighted by Crippen LogP contribution is 2.28. The maximum atomic E-state index is 5.91. The smallest absolute Gasteiger partial charge is 0.0574 e. The first-order valence-electron chi connectivity index (χ1n) is 5.72. The van der Waals surface area contributed by atoms with Crippen LogP contribution in [0.5, 0.6) is 0 Å². The minimum atomic E-state index is 0.121. The van der Waals surface area contributed by atoms with E-state index in [9.17, 15) is 0 Å². The summed E-state index contributed by atoms with van der Waals surface area (Å²) in [5, 5.41) is 5.54. The van der Waals surface area contributed by atoms with Crippen LogP contribution in [-0.2, 0) is 5.41 Å². The molecular weight excluding hydrogens is 228 g/mol. The molecule has 0 spiro atoms. The van der Waals surface area contributed by atoms with Crippen molar-refractivity contribution in [2.24, 2.45) is 0 Å². The van der Waals surface area contributed by atoms with E-state index < -0.39 is 0 Å². The van der Waals surface area contributed by atoms with Crippen molar-refractivity contribution in [2.45, 2.75) is 19.3 Å². The van der Waals surface area contributed by atoms with Crippen LogP contribution < -0.4 is 11.1 Å². The lowest BCUT2D eigenvalue weighted by Crippen LogP contribution is -2.26. The summed E-state index contributed by atoms with van der Waals surface area (Å²) in [4.78, 5) is 1.39. The first kappa shape index (κ1) is 12.0. The molecule has 0 aliphatic carbocycles. The fraction of sp³-hybridized carbons (Fsp3) is 0.286. The van der Waals surface area contributed by atoms with E-state index in [4.69, 9.17) is 5.73 Å². The van der Waals surface area contributed by atoms with Crippen molar-refractivity contribution in [2.75, 3.05) is 17.6 Å². The summed E-state index contributed by atoms with van der Waals surface area (Å²) in [6, 6.07) is 12.2. The molecule has 90 valence electrons. The summed E-state index contributed by atoms with van der Waals surface area (Å²) in [5.74, 6) is 0. The summed E-state index contributed by atoms with van der Waals surface area (Å²) < 4.78 is 0. The summed E-state index contributed by atoms with van der Waals surface area (Å²) in [7, 11) is 0. The molecule has 0 amide bonds. The van der Waals surface area contributed by atoms with E-state index in [1.165, 1.54) is 4.88 Å². The average molecular weight is 246 g/mol. The SMILES string of the molecule is CC(C)(CNc1ccccc1N)c1cccs1. The first-order valence-corrected chi connectivity index (χ1v) is 6.60. The number of nitrogens with one attached hydrogen (secondary N) is 1. The number of nitrogens with two attached hydrogens (primary N) is 1. The Hall–Kier alpha value is -1.48. The lowest BCUT2D eigenvalue weighted by atomic mass is 9.91. The van der Waals surface area contributed by atoms with E-state index >= 15 is 0 Å². The van der Waals surface area contributed by atoms with Gasteiger partial charge in [-0.2, -0.15) is 0 Å². The van der Waals surface area contributed by atoms with Crippen molar-refractivity contribution in [3.8, 4) is 0 Å². The van der Waals surface area contributed by atoms with Crippen LogP contribution in [-0.4, -0.2) is 6.54 Å². The van der Waals surface area contributed by atoms with Crippen LogP contribution in [0.3, 0.4) is 0 Å². The second-order valence-corrected chi connectivity index (χ2v) is 5.75. The van der Waals surface area contributed by atoms with E-state index in [2.05, 4.69) is 36.7 Å². The molecule has 2 nitrogen and oxygen atoms in total. The van der Waals surface area contributed by atoms with Gasteiger partial charge in [-0.1, -0.05) is 32.0 Å². The number of para-hydroxylation sites is 2. The topological polar surface area (TPSA) is 38.0 Å². The van der Waals surface area contributed by atoms with Crippen molar-refractivity contribution in [1.29, 1.82) is 0 Å². The van der Waals surface area contributed by atoms with Gasteiger partial charge < -0.3 is 11.1 Å². The number of thiophene rings is 1. The van der Waals surface area contributed by atoms with Gasteiger partial charge in [-0.15, -0.1) is 11.3 Å². The van der Waals surface area contributed by atoms with Crippen LogP contribution in [0.2, 0.25) is 0 Å². The Kier molecular flexibility index (Phi) is 3.38. The molecule has 0 fully saturated rings. The highest BCUT2D eigenvalue weighted by molar-refractivity contribution is 7.10. The Morgan fingerprint density at radius 2 is 1.94 bits per heavy atom. The fourth-order valence-corrected chi connectivity index (χ4v) is 2.58. The van der Waals surface area contributed by atoms with Crippen LogP contribution in [0.15, 0.2) is 41.8 Å². The molecule has 0 aliphatic heterocycles. The molecule has 0 bridgehead atoms. The van der Waals surface area contributed by atoms with Gasteiger partial charge in [-0.05, 0) is 23.6 Å². The maximum absolute atomic E-state index is 5.91. The molecular formula is C14H18N2S. The van der Waals surface area contributed by atoms with Gasteiger partial charge in [-0.25, -0.2) is 0 Å². The van der Waals surface area contributed by atoms with Gasteiger partial charge in [0.2, 0.25) is 0 Å². The fourth-order valence-electron chi connectivity index (χ4n) is 1.72. The summed E-state index contributed by atoms with van der Waals surface area (Å²) in [6.07, 6.45) is 0. The predicted molar refractivity (Wildman–Crippen MR) is 76.7 cm³/mol. The molecule has 0 saturated heterocycles. The van der Waals surface area contributed by atoms with Gasteiger partial charge >= 0.3 is 0 Å². The quantitative estimate of drug-likeness (QED) is 0.807. The molecule has 0 radical (unpaired) electrons. The highest BCUT2D eigenvalue weighted by atomic mass is 32.1. The zero-order valence-electron chi connectivity index (χ0n) is 10.2. The Morgan fingerprint density at radius 1 is 1.18 bits per heavy atom. The normalized spacial score (nSPS) is 11.4. The predicted octanol–water partition coefficient (Wildman–Crippen LogP) is 3.72. The number of rotatable bonds is 4. The summed E-state index contributed by atoms with van der Waals surface area (Å²) in [6.45, 7) is 5.36. The van der Waals surface area contributed by atoms with E-state index in [0.717, 1.165) is 17.9 Å². The number of hydrogen-bond donors (Lipinski definition) is 2. The van der Waals surface area contributed by atoms with E-state index in [1.54, 1.807) is 11.3 Å². The lowest BCUT2D eigenvalue weighted by Gasteiger charge is -2.24. The molecule has 3 heteroatoms. The van der Waals surface area contributed by atoms with Crippen molar-refractivity contribution in [3.05, 3.63) is 46.7 Å². The molecule has 0 unspecified atom stereocenters. The third-order valence-electron chi connectivity index (χ3n) is 2.87. The van der Waals surface area contributed by atoms with Crippen molar-refractivity contribution in [1.82, 2.24) is 0 Å². The Bertz CT molecular complexity index is 475. The largest absolute Gasteiger partial charge is 0.397 e. The molecule has 1 aromatic carbocycles. The number of nitrogen functional groups attached to an aromatic ring is 1. The van der Waals surface area contributed by atoms with Crippen molar-refractivity contribution >= 4 is 22.7 Å². The lowest BCUT2D eigenvalue weighted by molar-refractivity contribution is 0.569. The number of anilines is 2. The van der Waals surface area contributed by atoms with Crippen molar-refractivity contribution < 1.29 is 0 Å². The van der Waals surface area contributed by atoms with Gasteiger partial charge in [0.1, 0.15) is 0 Å². The maximum Gasteiger partial charge on any atom is 0.0574 e. The highest BCUT2D eigenvalue weighted by Gasteiger charge is 2.21. The minimum absolute atomic E-state index is 0.121. The zero-order valence-corrected chi connectivity index (χ0v) is 11.1. The molecule has 3 N–H and O–H groups in total. The van der Waals surface area contributed by atoms with E-state index in [-0.39, 0.29) is 5.41 Å². The standard InChI is InChI=1S/C14H18N2S/c1-14(2,13-8-5-9-17-13)10-16-12-7-4-3-6-11(12)15/h3-9,16H,10,15H2,1-2H3. The second-order valence-electron chi connectivity index (χ2n) is 4.80. The third kappa shape index (κ3) is 2.80. The summed E-state index contributed by atoms with van der Waals surface area (Å²) >= 11 is 1.80. The van der Waals surface area contributed by atoms with Crippen LogP contribution in [0, 0.1) is 0 Å². The van der Waals surface area contributed by atoms with Gasteiger partial charge in [0.05, 0.1) is 11.4 Å². The molecule has 0 aliphatic rings. The minimum Gasteiger partial charge on any atom is -0.397 e. The molecule has 2 aromatic rings. The van der Waals surface area contributed by atoms with Crippen LogP contribution >= 0.6 is 11.3 Å². The van der Waals surface area contributed by atoms with Crippen molar-refractivity contribution in [3.63, 3.8) is 0 Å². The number of benzene rings is 1. The number of hydrogen-bond acceptors (Lipinski definition) is 3. The monoisotopic (exact) mass is 246 g/mol. The van der Waals surface area contributed by atoms with Crippen LogP contribution in [0.4, 0.5) is 11.4 Å². The summed E-state index contributed by atoms with van der Waals surface area (Å²) in [5.41, 5.74) is 7.84. The molecule has 1 aromatic heterocycles. The van der Waals surface area contributed by atoms with Crippen LogP contribution in [0.1, 0.15) is 18.7 Å². The Morgan fingerprint density at radius 3 is 2.59 bits per heavy atom. The third-order valence-corrected chi connectivity index (χ3v) is 4.11. The van der Waals surface area contributed by atoms with E-state index in [1.807, 2.05) is 24.3 Å². The average Bonchev–Trinajstić information content (AvgIpc) is 2.82. The Balaban J connectivity index is 2.06.